The van der Waals surface area contributed by atoms with Crippen LogP contribution in [0.4, 0.5) is 0 Å². The molecule has 0 atom stereocenters. The summed E-state index contributed by atoms with van der Waals surface area (Å²) in [5, 5.41) is 5.42. The van der Waals surface area contributed by atoms with Crippen LogP contribution in [0.15, 0.2) is 36.5 Å². The lowest BCUT2D eigenvalue weighted by Crippen LogP contribution is -2.47. The summed E-state index contributed by atoms with van der Waals surface area (Å²) >= 11 is 0. The van der Waals surface area contributed by atoms with Gasteiger partial charge in [-0.1, -0.05) is 18.2 Å². The van der Waals surface area contributed by atoms with E-state index in [-0.39, 0.29) is 5.91 Å². The van der Waals surface area contributed by atoms with Gasteiger partial charge in [0.1, 0.15) is 0 Å². The number of likely N-dealkylation sites (tertiary alicyclic amines) is 1. The second-order valence-corrected chi connectivity index (χ2v) is 7.96. The summed E-state index contributed by atoms with van der Waals surface area (Å²) in [6.45, 7) is 7.34. The van der Waals surface area contributed by atoms with Crippen molar-refractivity contribution in [3.05, 3.63) is 47.8 Å². The van der Waals surface area contributed by atoms with E-state index < -0.39 is 5.79 Å². The minimum atomic E-state index is -0.492. The molecule has 156 valence electrons. The highest BCUT2D eigenvalue weighted by atomic mass is 16.7. The van der Waals surface area contributed by atoms with Crippen LogP contribution in [0.25, 0.3) is 22.2 Å². The molecule has 2 aliphatic rings. The molecule has 0 unspecified atom stereocenters. The number of amides is 1. The van der Waals surface area contributed by atoms with Gasteiger partial charge in [-0.25, -0.2) is 4.98 Å². The Labute approximate surface area is 175 Å². The first-order valence-corrected chi connectivity index (χ1v) is 10.6. The van der Waals surface area contributed by atoms with Crippen LogP contribution in [0.1, 0.15) is 35.8 Å². The van der Waals surface area contributed by atoms with E-state index in [2.05, 4.69) is 12.0 Å². The lowest BCUT2D eigenvalue weighted by atomic mass is 10.00. The summed E-state index contributed by atoms with van der Waals surface area (Å²) in [5.74, 6) is -0.461. The molecule has 1 amide bonds. The third-order valence-corrected chi connectivity index (χ3v) is 6.12. The number of aryl methyl sites for hydroxylation is 2. The average Bonchev–Trinajstić information content (AvgIpc) is 3.39. The highest BCUT2D eigenvalue weighted by Crippen LogP contribution is 2.33. The van der Waals surface area contributed by atoms with Gasteiger partial charge < -0.3 is 14.4 Å². The van der Waals surface area contributed by atoms with Crippen molar-refractivity contribution in [3.8, 4) is 11.3 Å². The lowest BCUT2D eigenvalue weighted by Gasteiger charge is -2.37. The molecule has 3 aromatic rings. The molecule has 7 nitrogen and oxygen atoms in total. The predicted octanol–water partition coefficient (Wildman–Crippen LogP) is 3.41. The zero-order valence-corrected chi connectivity index (χ0v) is 17.4. The van der Waals surface area contributed by atoms with Crippen molar-refractivity contribution in [1.29, 1.82) is 0 Å². The summed E-state index contributed by atoms with van der Waals surface area (Å²) in [4.78, 5) is 20.3. The fourth-order valence-corrected chi connectivity index (χ4v) is 4.43. The molecule has 4 heterocycles. The van der Waals surface area contributed by atoms with Crippen molar-refractivity contribution in [2.75, 3.05) is 26.3 Å². The van der Waals surface area contributed by atoms with Crippen molar-refractivity contribution in [1.82, 2.24) is 19.7 Å². The Balaban J connectivity index is 1.51. The molecule has 2 fully saturated rings. The van der Waals surface area contributed by atoms with E-state index >= 15 is 0 Å². The van der Waals surface area contributed by atoms with Crippen molar-refractivity contribution in [2.24, 2.45) is 0 Å². The van der Waals surface area contributed by atoms with Crippen LogP contribution in [0.2, 0.25) is 0 Å². The molecule has 0 saturated carbocycles. The Morgan fingerprint density at radius 2 is 1.90 bits per heavy atom. The summed E-state index contributed by atoms with van der Waals surface area (Å²) in [7, 11) is 0. The molecule has 7 heteroatoms. The highest BCUT2D eigenvalue weighted by Gasteiger charge is 2.41. The first-order valence-electron chi connectivity index (χ1n) is 10.6. The largest absolute Gasteiger partial charge is 0.347 e. The third kappa shape index (κ3) is 3.28. The summed E-state index contributed by atoms with van der Waals surface area (Å²) < 4.78 is 13.5. The van der Waals surface area contributed by atoms with Gasteiger partial charge in [0.05, 0.1) is 35.7 Å². The molecule has 2 saturated heterocycles. The van der Waals surface area contributed by atoms with E-state index in [0.717, 1.165) is 34.4 Å². The Morgan fingerprint density at radius 3 is 2.60 bits per heavy atom. The molecule has 0 bridgehead atoms. The van der Waals surface area contributed by atoms with Gasteiger partial charge in [0.15, 0.2) is 5.79 Å². The van der Waals surface area contributed by atoms with Gasteiger partial charge in [0.2, 0.25) is 0 Å². The van der Waals surface area contributed by atoms with Crippen LogP contribution in [-0.2, 0) is 16.0 Å². The lowest BCUT2D eigenvalue weighted by molar-refractivity contribution is -0.181. The number of carbonyl (C=O) groups is 1. The number of hydrogen-bond acceptors (Lipinski definition) is 5. The minimum Gasteiger partial charge on any atom is -0.347 e. The quantitative estimate of drug-likeness (QED) is 0.667. The zero-order chi connectivity index (χ0) is 20.7. The van der Waals surface area contributed by atoms with Crippen LogP contribution in [0.3, 0.4) is 0 Å². The summed E-state index contributed by atoms with van der Waals surface area (Å²) in [5.41, 5.74) is 4.15. The fraction of sp³-hybridized carbons (Fsp3) is 0.435. The van der Waals surface area contributed by atoms with Crippen LogP contribution >= 0.6 is 0 Å². The fourth-order valence-electron chi connectivity index (χ4n) is 4.43. The van der Waals surface area contributed by atoms with E-state index in [9.17, 15) is 4.79 Å². The Hall–Kier alpha value is -2.77. The first-order chi connectivity index (χ1) is 14.6. The molecule has 0 radical (unpaired) electrons. The number of pyridine rings is 1. The van der Waals surface area contributed by atoms with Gasteiger partial charge >= 0.3 is 0 Å². The van der Waals surface area contributed by atoms with Crippen molar-refractivity contribution in [2.45, 2.75) is 39.0 Å². The maximum atomic E-state index is 13.5. The monoisotopic (exact) mass is 406 g/mol. The minimum absolute atomic E-state index is 0.0308. The molecule has 1 spiro atoms. The summed E-state index contributed by atoms with van der Waals surface area (Å²) in [6.07, 6.45) is 3.41. The van der Waals surface area contributed by atoms with Gasteiger partial charge in [-0.2, -0.15) is 5.10 Å². The Bertz CT molecular complexity index is 1090. The van der Waals surface area contributed by atoms with Crippen molar-refractivity contribution >= 4 is 16.8 Å². The second kappa shape index (κ2) is 7.49. The van der Waals surface area contributed by atoms with Gasteiger partial charge in [-0.05, 0) is 26.0 Å². The molecule has 2 aliphatic heterocycles. The maximum Gasteiger partial charge on any atom is 0.254 e. The highest BCUT2D eigenvalue weighted by molar-refractivity contribution is 6.07. The number of aromatic nitrogens is 3. The van der Waals surface area contributed by atoms with Crippen molar-refractivity contribution in [3.63, 3.8) is 0 Å². The first kappa shape index (κ1) is 19.2. The van der Waals surface area contributed by atoms with E-state index in [1.165, 1.54) is 0 Å². The molecule has 1 aromatic carbocycles. The normalized spacial score (nSPS) is 18.4. The van der Waals surface area contributed by atoms with Gasteiger partial charge in [-0.15, -0.1) is 0 Å². The van der Waals surface area contributed by atoms with Crippen LogP contribution in [-0.4, -0.2) is 57.7 Å². The van der Waals surface area contributed by atoms with Gasteiger partial charge in [0, 0.05) is 49.6 Å². The third-order valence-electron chi connectivity index (χ3n) is 6.12. The van der Waals surface area contributed by atoms with E-state index in [0.29, 0.717) is 44.7 Å². The molecule has 0 N–H and O–H groups in total. The number of hydrogen-bond donors (Lipinski definition) is 0. The molecule has 0 aliphatic carbocycles. The number of nitrogens with zero attached hydrogens (tertiary/aromatic N) is 4. The van der Waals surface area contributed by atoms with E-state index in [4.69, 9.17) is 14.5 Å². The topological polar surface area (TPSA) is 69.5 Å². The zero-order valence-electron chi connectivity index (χ0n) is 17.4. The van der Waals surface area contributed by atoms with Gasteiger partial charge in [-0.3, -0.25) is 9.48 Å². The number of carbonyl (C=O) groups excluding carboxylic acids is 1. The maximum absolute atomic E-state index is 13.5. The van der Waals surface area contributed by atoms with Crippen LogP contribution in [0, 0.1) is 6.92 Å². The standard InChI is InChI=1S/C23H26N4O3/c1-3-27-15-19(16(2)25-27)21-14-18(17-6-4-5-7-20(17)24-21)22(28)26-10-8-23(9-11-26)29-12-13-30-23/h4-7,14-15H,3,8-13H2,1-2H3. The number of rotatable bonds is 3. The number of ether oxygens (including phenoxy) is 2. The smallest absolute Gasteiger partial charge is 0.254 e. The van der Waals surface area contributed by atoms with Crippen LogP contribution < -0.4 is 0 Å². The molecular formula is C23H26N4O3. The number of para-hydroxylation sites is 1. The number of fused-ring (bicyclic) bond motifs is 1. The summed E-state index contributed by atoms with van der Waals surface area (Å²) in [6, 6.07) is 9.75. The molecule has 2 aromatic heterocycles. The Kier molecular flexibility index (Phi) is 4.79. The van der Waals surface area contributed by atoms with E-state index in [1.54, 1.807) is 0 Å². The SMILES string of the molecule is CCn1cc(-c2cc(C(=O)N3CCC4(CC3)OCCO4)c3ccccc3n2)c(C)n1. The van der Waals surface area contributed by atoms with Crippen molar-refractivity contribution < 1.29 is 14.3 Å². The molecule has 5 rings (SSSR count). The number of piperidine rings is 1. The van der Waals surface area contributed by atoms with E-state index in [1.807, 2.05) is 53.0 Å². The second-order valence-electron chi connectivity index (χ2n) is 7.96. The number of benzene rings is 1. The molecular weight excluding hydrogens is 380 g/mol. The Morgan fingerprint density at radius 1 is 1.17 bits per heavy atom. The van der Waals surface area contributed by atoms with Gasteiger partial charge in [0.25, 0.3) is 5.91 Å². The van der Waals surface area contributed by atoms with Crippen LogP contribution in [0.5, 0.6) is 0 Å². The predicted molar refractivity (Wildman–Crippen MR) is 113 cm³/mol. The molecule has 30 heavy (non-hydrogen) atoms. The average molecular weight is 406 g/mol.